The van der Waals surface area contributed by atoms with Crippen molar-refractivity contribution in [3.63, 3.8) is 0 Å². The first-order chi connectivity index (χ1) is 12.7. The fraction of sp³-hybridized carbons (Fsp3) is 0.619. The molecule has 0 aromatic heterocycles. The number of hydrogen-bond donors (Lipinski definition) is 1. The van der Waals surface area contributed by atoms with Gasteiger partial charge >= 0.3 is 0 Å². The van der Waals surface area contributed by atoms with E-state index >= 15 is 0 Å². The largest absolute Gasteiger partial charge is 0.351 e. The molecule has 1 saturated carbocycles. The fourth-order valence-electron chi connectivity index (χ4n) is 4.78. The van der Waals surface area contributed by atoms with Gasteiger partial charge in [0.25, 0.3) is 11.8 Å². The maximum Gasteiger partial charge on any atom is 0.257 e. The number of hydrogen-bond acceptors (Lipinski definition) is 3. The van der Waals surface area contributed by atoms with Gasteiger partial charge in [0.05, 0.1) is 11.3 Å². The maximum absolute atomic E-state index is 13.0. The second kappa shape index (κ2) is 7.29. The third kappa shape index (κ3) is 3.08. The van der Waals surface area contributed by atoms with Gasteiger partial charge in [-0.3, -0.25) is 9.59 Å². The molecule has 5 nitrogen and oxygen atoms in total. The number of anilines is 1. The van der Waals surface area contributed by atoms with Crippen LogP contribution in [0.5, 0.6) is 0 Å². The predicted octanol–water partition coefficient (Wildman–Crippen LogP) is 3.54. The highest BCUT2D eigenvalue weighted by molar-refractivity contribution is 6.04. The van der Waals surface area contributed by atoms with Gasteiger partial charge in [0.2, 0.25) is 0 Å². The second-order valence-corrected chi connectivity index (χ2v) is 7.80. The summed E-state index contributed by atoms with van der Waals surface area (Å²) in [7, 11) is 0. The quantitative estimate of drug-likeness (QED) is 0.902. The Kier molecular flexibility index (Phi) is 4.88. The number of carbonyl (C=O) groups is 2. The Balaban J connectivity index is 1.64. The Morgan fingerprint density at radius 3 is 2.65 bits per heavy atom. The number of fused-ring (bicyclic) bond motifs is 2. The van der Waals surface area contributed by atoms with Crippen molar-refractivity contribution in [2.24, 2.45) is 0 Å². The monoisotopic (exact) mass is 355 g/mol. The number of nitrogens with zero attached hydrogens (tertiary/aromatic N) is 2. The van der Waals surface area contributed by atoms with Crippen LogP contribution in [0.25, 0.3) is 0 Å². The Bertz CT molecular complexity index is 696. The van der Waals surface area contributed by atoms with E-state index in [1.165, 1.54) is 19.3 Å². The number of amides is 2. The lowest BCUT2D eigenvalue weighted by Crippen LogP contribution is -2.55. The van der Waals surface area contributed by atoms with Crippen molar-refractivity contribution in [3.8, 4) is 0 Å². The molecule has 0 spiro atoms. The summed E-state index contributed by atoms with van der Waals surface area (Å²) in [6.45, 7) is 3.81. The topological polar surface area (TPSA) is 52.7 Å². The normalized spacial score (nSPS) is 23.4. The first-order valence-corrected chi connectivity index (χ1v) is 10.2. The van der Waals surface area contributed by atoms with Gasteiger partial charge in [-0.25, -0.2) is 0 Å². The van der Waals surface area contributed by atoms with E-state index in [4.69, 9.17) is 0 Å². The zero-order valence-corrected chi connectivity index (χ0v) is 15.7. The zero-order valence-electron chi connectivity index (χ0n) is 15.7. The van der Waals surface area contributed by atoms with Crippen molar-refractivity contribution in [2.45, 2.75) is 70.5 Å². The van der Waals surface area contributed by atoms with Crippen LogP contribution in [0.3, 0.4) is 0 Å². The summed E-state index contributed by atoms with van der Waals surface area (Å²) < 4.78 is 0. The third-order valence-corrected chi connectivity index (χ3v) is 6.17. The number of benzene rings is 1. The highest BCUT2D eigenvalue weighted by Gasteiger charge is 2.37. The second-order valence-electron chi connectivity index (χ2n) is 7.80. The fourth-order valence-corrected chi connectivity index (χ4v) is 4.78. The van der Waals surface area contributed by atoms with Crippen LogP contribution in [0.1, 0.15) is 79.0 Å². The molecule has 1 N–H and O–H groups in total. The van der Waals surface area contributed by atoms with Crippen LogP contribution < -0.4 is 10.2 Å². The molecular weight excluding hydrogens is 326 g/mol. The lowest BCUT2D eigenvalue weighted by atomic mass is 10.0. The van der Waals surface area contributed by atoms with Crippen LogP contribution >= 0.6 is 0 Å². The number of nitrogens with one attached hydrogen (secondary N) is 1. The summed E-state index contributed by atoms with van der Waals surface area (Å²) in [4.78, 5) is 30.1. The van der Waals surface area contributed by atoms with Crippen molar-refractivity contribution >= 4 is 17.5 Å². The minimum atomic E-state index is -0.00787. The highest BCUT2D eigenvalue weighted by Crippen LogP contribution is 2.35. The molecule has 140 valence electrons. The molecule has 1 aromatic carbocycles. The van der Waals surface area contributed by atoms with Gasteiger partial charge in [-0.05, 0) is 57.2 Å². The summed E-state index contributed by atoms with van der Waals surface area (Å²) in [6, 6.07) is 5.90. The van der Waals surface area contributed by atoms with Gasteiger partial charge in [0.1, 0.15) is 6.17 Å². The molecule has 0 bridgehead atoms. The van der Waals surface area contributed by atoms with Crippen LogP contribution in [0.15, 0.2) is 18.2 Å². The third-order valence-electron chi connectivity index (χ3n) is 6.17. The molecule has 2 amide bonds. The molecule has 2 aliphatic heterocycles. The molecule has 3 aliphatic rings. The Morgan fingerprint density at radius 2 is 1.88 bits per heavy atom. The highest BCUT2D eigenvalue weighted by atomic mass is 16.2. The van der Waals surface area contributed by atoms with E-state index in [2.05, 4.69) is 17.1 Å². The summed E-state index contributed by atoms with van der Waals surface area (Å²) in [5.41, 5.74) is 2.34. The summed E-state index contributed by atoms with van der Waals surface area (Å²) in [6.07, 6.45) is 9.12. The molecule has 2 fully saturated rings. The van der Waals surface area contributed by atoms with Gasteiger partial charge in [-0.2, -0.15) is 0 Å². The van der Waals surface area contributed by atoms with E-state index in [9.17, 15) is 9.59 Å². The summed E-state index contributed by atoms with van der Waals surface area (Å²) >= 11 is 0. The molecule has 1 saturated heterocycles. The predicted molar refractivity (Wildman–Crippen MR) is 102 cm³/mol. The van der Waals surface area contributed by atoms with Gasteiger partial charge < -0.3 is 15.1 Å². The molecule has 1 aromatic rings. The van der Waals surface area contributed by atoms with E-state index in [1.807, 2.05) is 23.1 Å². The van der Waals surface area contributed by atoms with Crippen molar-refractivity contribution in [2.75, 3.05) is 18.0 Å². The average Bonchev–Trinajstić information content (AvgIpc) is 3.04. The van der Waals surface area contributed by atoms with Crippen molar-refractivity contribution < 1.29 is 9.59 Å². The minimum absolute atomic E-state index is 0.00787. The van der Waals surface area contributed by atoms with Crippen LogP contribution in [0.2, 0.25) is 0 Å². The lowest BCUT2D eigenvalue weighted by molar-refractivity contribution is 0.0656. The zero-order chi connectivity index (χ0) is 18.1. The Labute approximate surface area is 155 Å². The molecule has 1 atom stereocenters. The average molecular weight is 355 g/mol. The Morgan fingerprint density at radius 1 is 1.12 bits per heavy atom. The van der Waals surface area contributed by atoms with Crippen LogP contribution in [-0.4, -0.2) is 42.0 Å². The summed E-state index contributed by atoms with van der Waals surface area (Å²) in [5, 5.41) is 3.16. The number of rotatable bonds is 3. The first-order valence-electron chi connectivity index (χ1n) is 10.2. The van der Waals surface area contributed by atoms with E-state index in [0.717, 1.165) is 56.4 Å². The molecule has 2 heterocycles. The first kappa shape index (κ1) is 17.4. The van der Waals surface area contributed by atoms with Gasteiger partial charge in [0.15, 0.2) is 0 Å². The number of carbonyl (C=O) groups excluding carboxylic acids is 2. The van der Waals surface area contributed by atoms with E-state index in [0.29, 0.717) is 11.6 Å². The molecule has 4 rings (SSSR count). The van der Waals surface area contributed by atoms with Crippen LogP contribution in [-0.2, 0) is 0 Å². The molecular formula is C21H29N3O2. The molecule has 1 aliphatic carbocycles. The van der Waals surface area contributed by atoms with Gasteiger partial charge in [-0.1, -0.05) is 19.3 Å². The van der Waals surface area contributed by atoms with Crippen molar-refractivity contribution in [1.82, 2.24) is 10.2 Å². The van der Waals surface area contributed by atoms with Crippen molar-refractivity contribution in [1.29, 1.82) is 0 Å². The van der Waals surface area contributed by atoms with E-state index in [-0.39, 0.29) is 18.0 Å². The maximum atomic E-state index is 13.0. The van der Waals surface area contributed by atoms with Gasteiger partial charge in [0, 0.05) is 24.7 Å². The standard InChI is InChI=1S/C21H29N3O2/c1-2-23-18-14-15(20(25)22-16-8-5-6-9-16)11-12-17(18)21(26)24-13-7-3-4-10-19(23)24/h11-12,14,16,19H,2-10,13H2,1H3,(H,22,25). The van der Waals surface area contributed by atoms with Crippen LogP contribution in [0, 0.1) is 0 Å². The van der Waals surface area contributed by atoms with Crippen molar-refractivity contribution in [3.05, 3.63) is 29.3 Å². The molecule has 0 radical (unpaired) electrons. The lowest BCUT2D eigenvalue weighted by Gasteiger charge is -2.44. The van der Waals surface area contributed by atoms with Crippen LogP contribution in [0.4, 0.5) is 5.69 Å². The Hall–Kier alpha value is -2.04. The minimum Gasteiger partial charge on any atom is -0.351 e. The van der Waals surface area contributed by atoms with E-state index in [1.54, 1.807) is 0 Å². The van der Waals surface area contributed by atoms with E-state index < -0.39 is 0 Å². The molecule has 26 heavy (non-hydrogen) atoms. The molecule has 1 unspecified atom stereocenters. The van der Waals surface area contributed by atoms with Gasteiger partial charge in [-0.15, -0.1) is 0 Å². The molecule has 5 heteroatoms. The smallest absolute Gasteiger partial charge is 0.257 e. The SMILES string of the molecule is CCN1c2cc(C(=O)NC3CCCC3)ccc2C(=O)N2CCCCCC21. The summed E-state index contributed by atoms with van der Waals surface area (Å²) in [5.74, 6) is 0.117.